The van der Waals surface area contributed by atoms with Crippen LogP contribution < -0.4 is 5.32 Å². The molecule has 0 bridgehead atoms. The summed E-state index contributed by atoms with van der Waals surface area (Å²) >= 11 is 6.15. The van der Waals surface area contributed by atoms with E-state index >= 15 is 0 Å². The molecule has 2 aromatic rings. The average molecular weight is 308 g/mol. The Labute approximate surface area is 131 Å². The van der Waals surface area contributed by atoms with Crippen molar-refractivity contribution in [3.05, 3.63) is 52.3 Å². The Balaban J connectivity index is 1.58. The third kappa shape index (κ3) is 4.84. The highest BCUT2D eigenvalue weighted by Crippen LogP contribution is 2.19. The van der Waals surface area contributed by atoms with Crippen LogP contribution in [0.4, 0.5) is 0 Å². The highest BCUT2D eigenvalue weighted by molar-refractivity contribution is 6.30. The summed E-state index contributed by atoms with van der Waals surface area (Å²) < 4.78 is 7.35. The van der Waals surface area contributed by atoms with Crippen molar-refractivity contribution in [3.63, 3.8) is 0 Å². The largest absolute Gasteiger partial charge is 0.377 e. The van der Waals surface area contributed by atoms with Gasteiger partial charge in [0.1, 0.15) is 5.15 Å². The van der Waals surface area contributed by atoms with Crippen LogP contribution in [0.15, 0.2) is 30.3 Å². The quantitative estimate of drug-likeness (QED) is 0.762. The van der Waals surface area contributed by atoms with Crippen LogP contribution in [0.25, 0.3) is 0 Å². The molecule has 1 heterocycles. The maximum atomic E-state index is 6.15. The molecule has 5 heteroatoms. The first-order valence-corrected chi connectivity index (χ1v) is 7.56. The predicted octanol–water partition coefficient (Wildman–Crippen LogP) is 3.08. The van der Waals surface area contributed by atoms with Crippen LogP contribution in [-0.4, -0.2) is 22.9 Å². The molecule has 0 atom stereocenters. The van der Waals surface area contributed by atoms with E-state index in [2.05, 4.69) is 34.7 Å². The average Bonchev–Trinajstić information content (AvgIpc) is 2.73. The molecule has 0 saturated heterocycles. The number of ether oxygens (including phenoxy) is 1. The molecule has 2 rings (SSSR count). The molecule has 0 aliphatic carbocycles. The zero-order chi connectivity index (χ0) is 15.1. The number of rotatable bonds is 8. The Hall–Kier alpha value is -1.36. The van der Waals surface area contributed by atoms with Gasteiger partial charge in [-0.05, 0) is 25.5 Å². The molecule has 0 spiro atoms. The minimum Gasteiger partial charge on any atom is -0.377 e. The second kappa shape index (κ2) is 8.17. The predicted molar refractivity (Wildman–Crippen MR) is 85.4 cm³/mol. The number of halogens is 1. The molecule has 0 unspecified atom stereocenters. The maximum absolute atomic E-state index is 6.15. The molecule has 0 saturated carbocycles. The first kappa shape index (κ1) is 16.0. The van der Waals surface area contributed by atoms with E-state index in [9.17, 15) is 0 Å². The zero-order valence-electron chi connectivity index (χ0n) is 12.6. The van der Waals surface area contributed by atoms with Crippen LogP contribution in [0, 0.1) is 6.92 Å². The minimum atomic E-state index is 0.525. The lowest BCUT2D eigenvalue weighted by molar-refractivity contribution is 0.118. The van der Waals surface area contributed by atoms with Gasteiger partial charge in [0.25, 0.3) is 0 Å². The summed E-state index contributed by atoms with van der Waals surface area (Å²) in [6, 6.07) is 10.4. The van der Waals surface area contributed by atoms with Gasteiger partial charge in [0.05, 0.1) is 12.3 Å². The summed E-state index contributed by atoms with van der Waals surface area (Å²) in [5.74, 6) is 0. The van der Waals surface area contributed by atoms with Crippen molar-refractivity contribution >= 4 is 11.6 Å². The minimum absolute atomic E-state index is 0.525. The van der Waals surface area contributed by atoms with Gasteiger partial charge < -0.3 is 10.1 Å². The highest BCUT2D eigenvalue weighted by Gasteiger charge is 2.10. The Bertz CT molecular complexity index is 554. The lowest BCUT2D eigenvalue weighted by Crippen LogP contribution is -2.16. The Kier molecular flexibility index (Phi) is 6.23. The summed E-state index contributed by atoms with van der Waals surface area (Å²) in [4.78, 5) is 0. The van der Waals surface area contributed by atoms with Crippen molar-refractivity contribution in [2.24, 2.45) is 7.05 Å². The molecule has 0 aliphatic heterocycles. The standard InChI is InChI=1S/C16H22ClN3O/c1-13-15(16(17)20(2)19-13)12-21-10-6-9-18-11-14-7-4-3-5-8-14/h3-5,7-8,18H,6,9-12H2,1-2H3. The molecule has 114 valence electrons. The normalized spacial score (nSPS) is 11.0. The summed E-state index contributed by atoms with van der Waals surface area (Å²) in [5, 5.41) is 8.33. The van der Waals surface area contributed by atoms with Crippen LogP contribution in [0.3, 0.4) is 0 Å². The number of hydrogen-bond donors (Lipinski definition) is 1. The summed E-state index contributed by atoms with van der Waals surface area (Å²) in [5.41, 5.74) is 3.22. The molecule has 1 aromatic carbocycles. The first-order valence-electron chi connectivity index (χ1n) is 7.19. The van der Waals surface area contributed by atoms with Crippen molar-refractivity contribution in [2.45, 2.75) is 26.5 Å². The molecule has 0 aliphatic rings. The third-order valence-corrected chi connectivity index (χ3v) is 3.80. The van der Waals surface area contributed by atoms with Gasteiger partial charge in [0.2, 0.25) is 0 Å². The first-order chi connectivity index (χ1) is 10.2. The van der Waals surface area contributed by atoms with Gasteiger partial charge in [-0.2, -0.15) is 5.10 Å². The molecule has 0 fully saturated rings. The Morgan fingerprint density at radius 1 is 1.29 bits per heavy atom. The lowest BCUT2D eigenvalue weighted by atomic mass is 10.2. The monoisotopic (exact) mass is 307 g/mol. The fraction of sp³-hybridized carbons (Fsp3) is 0.438. The van der Waals surface area contributed by atoms with Crippen molar-refractivity contribution in [3.8, 4) is 0 Å². The molecule has 0 radical (unpaired) electrons. The van der Waals surface area contributed by atoms with Crippen LogP contribution >= 0.6 is 11.6 Å². The van der Waals surface area contributed by atoms with E-state index in [0.717, 1.165) is 30.8 Å². The number of nitrogens with one attached hydrogen (secondary N) is 1. The number of hydrogen-bond acceptors (Lipinski definition) is 3. The van der Waals surface area contributed by atoms with Crippen molar-refractivity contribution in [1.29, 1.82) is 0 Å². The highest BCUT2D eigenvalue weighted by atomic mass is 35.5. The molecule has 4 nitrogen and oxygen atoms in total. The second-order valence-electron chi connectivity index (χ2n) is 5.05. The van der Waals surface area contributed by atoms with Gasteiger partial charge in [-0.15, -0.1) is 0 Å². The number of aromatic nitrogens is 2. The van der Waals surface area contributed by atoms with Gasteiger partial charge >= 0.3 is 0 Å². The molecule has 0 amide bonds. The van der Waals surface area contributed by atoms with Crippen molar-refractivity contribution < 1.29 is 4.74 Å². The molecule has 21 heavy (non-hydrogen) atoms. The summed E-state index contributed by atoms with van der Waals surface area (Å²) in [6.07, 6.45) is 0.976. The van der Waals surface area contributed by atoms with E-state index in [4.69, 9.17) is 16.3 Å². The molecular formula is C16H22ClN3O. The Morgan fingerprint density at radius 3 is 2.71 bits per heavy atom. The van der Waals surface area contributed by atoms with E-state index < -0.39 is 0 Å². The van der Waals surface area contributed by atoms with Crippen LogP contribution in [0.2, 0.25) is 5.15 Å². The van der Waals surface area contributed by atoms with Crippen LogP contribution in [-0.2, 0) is 24.9 Å². The molecule has 1 aromatic heterocycles. The zero-order valence-corrected chi connectivity index (χ0v) is 13.4. The van der Waals surface area contributed by atoms with Crippen LogP contribution in [0.1, 0.15) is 23.2 Å². The van der Waals surface area contributed by atoms with E-state index in [-0.39, 0.29) is 0 Å². The maximum Gasteiger partial charge on any atom is 0.132 e. The number of benzene rings is 1. The van der Waals surface area contributed by atoms with E-state index in [1.54, 1.807) is 4.68 Å². The van der Waals surface area contributed by atoms with Gasteiger partial charge in [0.15, 0.2) is 0 Å². The third-order valence-electron chi connectivity index (χ3n) is 3.33. The van der Waals surface area contributed by atoms with Gasteiger partial charge in [-0.25, -0.2) is 0 Å². The number of nitrogens with zero attached hydrogens (tertiary/aromatic N) is 2. The number of aryl methyl sites for hydroxylation is 2. The molecule has 1 N–H and O–H groups in total. The molecular weight excluding hydrogens is 286 g/mol. The fourth-order valence-electron chi connectivity index (χ4n) is 2.14. The summed E-state index contributed by atoms with van der Waals surface area (Å²) in [7, 11) is 1.84. The summed E-state index contributed by atoms with van der Waals surface area (Å²) in [6.45, 7) is 5.03. The van der Waals surface area contributed by atoms with Gasteiger partial charge in [-0.1, -0.05) is 41.9 Å². The van der Waals surface area contributed by atoms with Crippen LogP contribution in [0.5, 0.6) is 0 Å². The smallest absolute Gasteiger partial charge is 0.132 e. The van der Waals surface area contributed by atoms with Crippen molar-refractivity contribution in [2.75, 3.05) is 13.2 Å². The SMILES string of the molecule is Cc1nn(C)c(Cl)c1COCCCNCc1ccccc1. The topological polar surface area (TPSA) is 39.1 Å². The van der Waals surface area contributed by atoms with Crippen molar-refractivity contribution in [1.82, 2.24) is 15.1 Å². The lowest BCUT2D eigenvalue weighted by Gasteiger charge is -2.06. The Morgan fingerprint density at radius 2 is 2.05 bits per heavy atom. The van der Waals surface area contributed by atoms with Gasteiger partial charge in [0, 0.05) is 25.8 Å². The second-order valence-corrected chi connectivity index (χ2v) is 5.40. The fourth-order valence-corrected chi connectivity index (χ4v) is 2.37. The van der Waals surface area contributed by atoms with E-state index in [1.165, 1.54) is 5.56 Å². The van der Waals surface area contributed by atoms with Gasteiger partial charge in [-0.3, -0.25) is 4.68 Å². The van der Waals surface area contributed by atoms with E-state index in [0.29, 0.717) is 18.4 Å². The van der Waals surface area contributed by atoms with E-state index in [1.807, 2.05) is 20.0 Å².